The van der Waals surface area contributed by atoms with Gasteiger partial charge in [0.15, 0.2) is 5.43 Å². The number of ether oxygens (including phenoxy) is 2. The first-order valence-electron chi connectivity index (χ1n) is 5.31. The van der Waals surface area contributed by atoms with Crippen LogP contribution in [-0.4, -0.2) is 18.8 Å². The summed E-state index contributed by atoms with van der Waals surface area (Å²) in [5.74, 6) is 1.24. The molecule has 17 heavy (non-hydrogen) atoms. The second-order valence-electron chi connectivity index (χ2n) is 3.90. The smallest absolute Gasteiger partial charge is 0.193 e. The van der Waals surface area contributed by atoms with E-state index in [0.717, 1.165) is 11.2 Å². The summed E-state index contributed by atoms with van der Waals surface area (Å²) < 4.78 is 12.5. The van der Waals surface area contributed by atoms with Crippen LogP contribution in [0, 0.1) is 6.92 Å². The lowest BCUT2D eigenvalue weighted by atomic mass is 10.1. The molecule has 2 aromatic rings. The van der Waals surface area contributed by atoms with Crippen molar-refractivity contribution in [2.24, 2.45) is 7.05 Å². The third-order valence-electron chi connectivity index (χ3n) is 2.99. The lowest BCUT2D eigenvalue weighted by molar-refractivity contribution is 0.408. The molecule has 4 heteroatoms. The topological polar surface area (TPSA) is 40.5 Å². The Hall–Kier alpha value is -1.97. The minimum Gasteiger partial charge on any atom is -0.496 e. The Kier molecular flexibility index (Phi) is 2.79. The minimum atomic E-state index is -0.0497. The summed E-state index contributed by atoms with van der Waals surface area (Å²) in [7, 11) is 5.05. The Bertz CT molecular complexity index is 629. The van der Waals surface area contributed by atoms with Crippen molar-refractivity contribution in [2.75, 3.05) is 14.2 Å². The summed E-state index contributed by atoms with van der Waals surface area (Å²) in [6.07, 6.45) is 0. The molecule has 0 radical (unpaired) electrons. The summed E-state index contributed by atoms with van der Waals surface area (Å²) in [5, 5.41) is 0.556. The highest BCUT2D eigenvalue weighted by Crippen LogP contribution is 2.30. The molecular formula is C13H15NO3. The highest BCUT2D eigenvalue weighted by atomic mass is 16.5. The number of benzene rings is 1. The van der Waals surface area contributed by atoms with Gasteiger partial charge in [0.1, 0.15) is 11.5 Å². The van der Waals surface area contributed by atoms with E-state index in [1.807, 2.05) is 18.5 Å². The molecule has 1 aromatic carbocycles. The molecule has 4 nitrogen and oxygen atoms in total. The Morgan fingerprint density at radius 3 is 2.29 bits per heavy atom. The lowest BCUT2D eigenvalue weighted by Gasteiger charge is -2.14. The van der Waals surface area contributed by atoms with Gasteiger partial charge in [-0.1, -0.05) is 0 Å². The zero-order valence-electron chi connectivity index (χ0n) is 10.4. The van der Waals surface area contributed by atoms with Gasteiger partial charge in [0, 0.05) is 18.8 Å². The molecule has 0 atom stereocenters. The van der Waals surface area contributed by atoms with Gasteiger partial charge in [-0.15, -0.1) is 0 Å². The van der Waals surface area contributed by atoms with E-state index in [0.29, 0.717) is 16.9 Å². The van der Waals surface area contributed by atoms with E-state index in [-0.39, 0.29) is 5.43 Å². The molecule has 0 unspecified atom stereocenters. The van der Waals surface area contributed by atoms with Crippen molar-refractivity contribution in [1.82, 2.24) is 4.57 Å². The van der Waals surface area contributed by atoms with Crippen LogP contribution in [0.4, 0.5) is 0 Å². The van der Waals surface area contributed by atoms with Crippen molar-refractivity contribution in [3.8, 4) is 11.5 Å². The second kappa shape index (κ2) is 4.13. The van der Waals surface area contributed by atoms with Gasteiger partial charge in [0.05, 0.1) is 25.1 Å². The molecule has 0 N–H and O–H groups in total. The third kappa shape index (κ3) is 1.65. The van der Waals surface area contributed by atoms with Crippen LogP contribution in [0.5, 0.6) is 11.5 Å². The van der Waals surface area contributed by atoms with Crippen LogP contribution < -0.4 is 14.9 Å². The molecule has 0 amide bonds. The predicted octanol–water partition coefficient (Wildman–Crippen LogP) is 1.86. The highest BCUT2D eigenvalue weighted by molar-refractivity contribution is 5.90. The number of pyridine rings is 1. The fraction of sp³-hybridized carbons (Fsp3) is 0.308. The summed E-state index contributed by atoms with van der Waals surface area (Å²) >= 11 is 0. The van der Waals surface area contributed by atoms with Gasteiger partial charge in [0.25, 0.3) is 0 Å². The van der Waals surface area contributed by atoms with E-state index in [1.54, 1.807) is 32.4 Å². The molecule has 2 rings (SSSR count). The van der Waals surface area contributed by atoms with Gasteiger partial charge in [-0.05, 0) is 19.1 Å². The van der Waals surface area contributed by atoms with Crippen molar-refractivity contribution in [1.29, 1.82) is 0 Å². The van der Waals surface area contributed by atoms with Gasteiger partial charge in [-0.2, -0.15) is 0 Å². The molecule has 1 aromatic heterocycles. The SMILES string of the molecule is COc1ccc(OC)c2c1c(=O)cc(C)n2C. The van der Waals surface area contributed by atoms with Crippen LogP contribution in [0.15, 0.2) is 23.0 Å². The number of aromatic nitrogens is 1. The first-order chi connectivity index (χ1) is 8.10. The minimum absolute atomic E-state index is 0.0497. The number of fused-ring (bicyclic) bond motifs is 1. The van der Waals surface area contributed by atoms with Crippen molar-refractivity contribution in [3.63, 3.8) is 0 Å². The number of methoxy groups -OCH3 is 2. The van der Waals surface area contributed by atoms with E-state index >= 15 is 0 Å². The Morgan fingerprint density at radius 1 is 1.12 bits per heavy atom. The number of aryl methyl sites for hydroxylation is 2. The van der Waals surface area contributed by atoms with Crippen molar-refractivity contribution in [3.05, 3.63) is 34.1 Å². The number of rotatable bonds is 2. The number of hydrogen-bond donors (Lipinski definition) is 0. The van der Waals surface area contributed by atoms with E-state index in [9.17, 15) is 4.79 Å². The average molecular weight is 233 g/mol. The Morgan fingerprint density at radius 2 is 1.71 bits per heavy atom. The van der Waals surface area contributed by atoms with E-state index in [1.165, 1.54) is 0 Å². The first-order valence-corrected chi connectivity index (χ1v) is 5.31. The molecule has 0 bridgehead atoms. The summed E-state index contributed by atoms with van der Waals surface area (Å²) in [6.45, 7) is 1.89. The molecule has 0 fully saturated rings. The first kappa shape index (κ1) is 11.5. The van der Waals surface area contributed by atoms with E-state index in [4.69, 9.17) is 9.47 Å². The molecule has 0 saturated carbocycles. The van der Waals surface area contributed by atoms with Crippen LogP contribution in [-0.2, 0) is 7.05 Å². The van der Waals surface area contributed by atoms with Gasteiger partial charge < -0.3 is 14.0 Å². The number of hydrogen-bond acceptors (Lipinski definition) is 3. The fourth-order valence-corrected chi connectivity index (χ4v) is 1.99. The van der Waals surface area contributed by atoms with Gasteiger partial charge in [-0.3, -0.25) is 4.79 Å². The molecule has 0 spiro atoms. The fourth-order valence-electron chi connectivity index (χ4n) is 1.99. The molecular weight excluding hydrogens is 218 g/mol. The van der Waals surface area contributed by atoms with Gasteiger partial charge >= 0.3 is 0 Å². The quantitative estimate of drug-likeness (QED) is 0.795. The van der Waals surface area contributed by atoms with Gasteiger partial charge in [0.2, 0.25) is 0 Å². The molecule has 0 saturated heterocycles. The van der Waals surface area contributed by atoms with Crippen LogP contribution in [0.3, 0.4) is 0 Å². The van der Waals surface area contributed by atoms with Crippen molar-refractivity contribution >= 4 is 10.9 Å². The zero-order chi connectivity index (χ0) is 12.6. The Labute approximate surface area is 99.4 Å². The molecule has 0 aliphatic carbocycles. The predicted molar refractivity (Wildman–Crippen MR) is 67.0 cm³/mol. The van der Waals surface area contributed by atoms with Crippen LogP contribution in [0.2, 0.25) is 0 Å². The maximum atomic E-state index is 12.1. The molecule has 0 aliphatic rings. The van der Waals surface area contributed by atoms with E-state index < -0.39 is 0 Å². The molecule has 90 valence electrons. The average Bonchev–Trinajstić information content (AvgIpc) is 2.34. The monoisotopic (exact) mass is 233 g/mol. The lowest BCUT2D eigenvalue weighted by Crippen LogP contribution is -2.11. The summed E-state index contributed by atoms with van der Waals surface area (Å²) in [6, 6.07) is 5.15. The second-order valence-corrected chi connectivity index (χ2v) is 3.90. The largest absolute Gasteiger partial charge is 0.496 e. The van der Waals surface area contributed by atoms with Crippen LogP contribution in [0.1, 0.15) is 5.69 Å². The summed E-state index contributed by atoms with van der Waals surface area (Å²) in [4.78, 5) is 12.1. The number of nitrogens with zero attached hydrogens (tertiary/aromatic N) is 1. The normalized spacial score (nSPS) is 10.6. The van der Waals surface area contributed by atoms with Crippen LogP contribution in [0.25, 0.3) is 10.9 Å². The standard InChI is InChI=1S/C13H15NO3/c1-8-7-9(15)12-10(16-3)5-6-11(17-4)13(12)14(8)2/h5-7H,1-4H3. The maximum absolute atomic E-state index is 12.1. The Balaban J connectivity index is 3.05. The van der Waals surface area contributed by atoms with Crippen molar-refractivity contribution < 1.29 is 9.47 Å². The van der Waals surface area contributed by atoms with Crippen molar-refractivity contribution in [2.45, 2.75) is 6.92 Å². The highest BCUT2D eigenvalue weighted by Gasteiger charge is 2.13. The van der Waals surface area contributed by atoms with Crippen LogP contribution >= 0.6 is 0 Å². The van der Waals surface area contributed by atoms with Gasteiger partial charge in [-0.25, -0.2) is 0 Å². The van der Waals surface area contributed by atoms with E-state index in [2.05, 4.69) is 0 Å². The summed E-state index contributed by atoms with van der Waals surface area (Å²) in [5.41, 5.74) is 1.59. The maximum Gasteiger partial charge on any atom is 0.193 e. The third-order valence-corrected chi connectivity index (χ3v) is 2.99. The molecule has 0 aliphatic heterocycles. The zero-order valence-corrected chi connectivity index (χ0v) is 10.4. The molecule has 1 heterocycles.